The molecule has 4 atom stereocenters. The van der Waals surface area contributed by atoms with E-state index in [2.05, 4.69) is 6.92 Å². The molecule has 3 aromatic rings. The van der Waals surface area contributed by atoms with Gasteiger partial charge in [-0.3, -0.25) is 0 Å². The van der Waals surface area contributed by atoms with Gasteiger partial charge in [-0.25, -0.2) is 8.78 Å². The molecular formula is C33H38F2O. The van der Waals surface area contributed by atoms with Crippen LogP contribution in [0.2, 0.25) is 0 Å². The first-order valence-corrected chi connectivity index (χ1v) is 13.9. The molecule has 3 heteroatoms. The Labute approximate surface area is 214 Å². The van der Waals surface area contributed by atoms with Crippen LogP contribution in [-0.2, 0) is 6.61 Å². The average Bonchev–Trinajstić information content (AvgIpc) is 2.91. The summed E-state index contributed by atoms with van der Waals surface area (Å²) in [5.41, 5.74) is 2.51. The molecule has 3 aromatic carbocycles. The van der Waals surface area contributed by atoms with Gasteiger partial charge in [-0.1, -0.05) is 75.1 Å². The predicted octanol–water partition coefficient (Wildman–Crippen LogP) is 9.70. The molecule has 36 heavy (non-hydrogen) atoms. The monoisotopic (exact) mass is 488 g/mol. The Kier molecular flexibility index (Phi) is 8.04. The zero-order valence-electron chi connectivity index (χ0n) is 21.4. The molecule has 0 bridgehead atoms. The summed E-state index contributed by atoms with van der Waals surface area (Å²) in [6.07, 6.45) is 11.3. The van der Waals surface area contributed by atoms with Crippen LogP contribution in [0.5, 0.6) is 5.75 Å². The summed E-state index contributed by atoms with van der Waals surface area (Å²) >= 11 is 0. The number of hydrogen-bond donors (Lipinski definition) is 0. The van der Waals surface area contributed by atoms with Crippen molar-refractivity contribution in [3.63, 3.8) is 0 Å². The molecule has 0 amide bonds. The molecule has 0 aliphatic heterocycles. The molecule has 5 rings (SSSR count). The maximum atomic E-state index is 15.3. The third-order valence-electron chi connectivity index (χ3n) is 8.61. The SMILES string of the molecule is CCCCC1CC[C@@H]2C[C@H](c3cc(F)c(-c4ccc(OCc5ccccc5)cc4)c(F)c3)CC[C@@H]2C1. The van der Waals surface area contributed by atoms with Gasteiger partial charge in [0.2, 0.25) is 0 Å². The number of hydrogen-bond acceptors (Lipinski definition) is 1. The summed E-state index contributed by atoms with van der Waals surface area (Å²) < 4.78 is 36.3. The Morgan fingerprint density at radius 2 is 1.50 bits per heavy atom. The fraction of sp³-hybridized carbons (Fsp3) is 0.455. The van der Waals surface area contributed by atoms with E-state index in [-0.39, 0.29) is 11.5 Å². The Morgan fingerprint density at radius 1 is 0.806 bits per heavy atom. The van der Waals surface area contributed by atoms with Crippen molar-refractivity contribution in [2.45, 2.75) is 77.2 Å². The van der Waals surface area contributed by atoms with Crippen molar-refractivity contribution in [3.05, 3.63) is 89.5 Å². The van der Waals surface area contributed by atoms with Crippen molar-refractivity contribution in [3.8, 4) is 16.9 Å². The van der Waals surface area contributed by atoms with E-state index in [4.69, 9.17) is 4.74 Å². The highest BCUT2D eigenvalue weighted by Gasteiger charge is 2.36. The summed E-state index contributed by atoms with van der Waals surface area (Å²) in [6.45, 7) is 2.73. The second-order valence-corrected chi connectivity index (χ2v) is 11.0. The first-order chi connectivity index (χ1) is 17.6. The molecule has 2 aliphatic carbocycles. The van der Waals surface area contributed by atoms with Gasteiger partial charge < -0.3 is 4.74 Å². The van der Waals surface area contributed by atoms with Crippen LogP contribution < -0.4 is 4.74 Å². The van der Waals surface area contributed by atoms with Gasteiger partial charge >= 0.3 is 0 Å². The first-order valence-electron chi connectivity index (χ1n) is 13.9. The summed E-state index contributed by atoms with van der Waals surface area (Å²) in [6, 6.07) is 20.2. The van der Waals surface area contributed by atoms with Crippen LogP contribution >= 0.6 is 0 Å². The Hall–Kier alpha value is -2.68. The molecule has 1 unspecified atom stereocenters. The van der Waals surface area contributed by atoms with Gasteiger partial charge in [0.05, 0.1) is 5.56 Å². The Balaban J connectivity index is 1.23. The Morgan fingerprint density at radius 3 is 2.22 bits per heavy atom. The molecule has 0 radical (unpaired) electrons. The number of unbranched alkanes of at least 4 members (excludes halogenated alkanes) is 1. The van der Waals surface area contributed by atoms with Gasteiger partial charge in [-0.05, 0) is 96.7 Å². The molecule has 2 aliphatic rings. The number of rotatable bonds is 8. The molecule has 0 aromatic heterocycles. The van der Waals surface area contributed by atoms with Gasteiger partial charge in [0.1, 0.15) is 24.0 Å². The lowest BCUT2D eigenvalue weighted by Gasteiger charge is -2.42. The molecule has 0 spiro atoms. The number of fused-ring (bicyclic) bond motifs is 1. The van der Waals surface area contributed by atoms with Crippen LogP contribution in [0.4, 0.5) is 8.78 Å². The van der Waals surface area contributed by atoms with E-state index in [0.717, 1.165) is 41.7 Å². The molecule has 190 valence electrons. The van der Waals surface area contributed by atoms with Crippen LogP contribution in [0.15, 0.2) is 66.7 Å². The normalized spacial score (nSPS) is 23.8. The van der Waals surface area contributed by atoms with E-state index < -0.39 is 11.6 Å². The second-order valence-electron chi connectivity index (χ2n) is 11.0. The van der Waals surface area contributed by atoms with E-state index in [9.17, 15) is 0 Å². The number of ether oxygens (including phenoxy) is 1. The molecule has 1 nitrogen and oxygen atoms in total. The third-order valence-corrected chi connectivity index (χ3v) is 8.61. The van der Waals surface area contributed by atoms with E-state index in [1.54, 1.807) is 36.4 Å². The summed E-state index contributed by atoms with van der Waals surface area (Å²) in [5.74, 6) is 2.45. The van der Waals surface area contributed by atoms with Crippen molar-refractivity contribution >= 4 is 0 Å². The standard InChI is InChI=1S/C33H38F2O/c1-2-3-7-23-10-11-27-19-28(13-12-26(27)18-23)29-20-31(34)33(32(35)21-29)25-14-16-30(17-15-25)36-22-24-8-5-4-6-9-24/h4-6,8-9,14-17,20-21,23,26-28H,2-3,7,10-13,18-19,22H2,1H3/t23?,26-,27-,28-/m1/s1. The van der Waals surface area contributed by atoms with Crippen LogP contribution in [0, 0.1) is 29.4 Å². The third kappa shape index (κ3) is 5.82. The fourth-order valence-corrected chi connectivity index (χ4v) is 6.61. The van der Waals surface area contributed by atoms with Gasteiger partial charge in [0.15, 0.2) is 0 Å². The molecule has 0 saturated heterocycles. The lowest BCUT2D eigenvalue weighted by Crippen LogP contribution is -2.30. The summed E-state index contributed by atoms with van der Waals surface area (Å²) in [5, 5.41) is 0. The molecular weight excluding hydrogens is 450 g/mol. The first kappa shape index (κ1) is 25.0. The summed E-state index contributed by atoms with van der Waals surface area (Å²) in [7, 11) is 0. The van der Waals surface area contributed by atoms with Gasteiger partial charge in [0, 0.05) is 0 Å². The van der Waals surface area contributed by atoms with E-state index >= 15 is 8.78 Å². The highest BCUT2D eigenvalue weighted by atomic mass is 19.1. The van der Waals surface area contributed by atoms with Crippen LogP contribution in [0.1, 0.15) is 81.8 Å². The highest BCUT2D eigenvalue weighted by molar-refractivity contribution is 5.66. The van der Waals surface area contributed by atoms with Crippen molar-refractivity contribution in [1.29, 1.82) is 0 Å². The van der Waals surface area contributed by atoms with Gasteiger partial charge in [-0.15, -0.1) is 0 Å². The minimum Gasteiger partial charge on any atom is -0.489 e. The predicted molar refractivity (Wildman–Crippen MR) is 143 cm³/mol. The topological polar surface area (TPSA) is 9.23 Å². The zero-order valence-corrected chi connectivity index (χ0v) is 21.4. The van der Waals surface area contributed by atoms with Crippen molar-refractivity contribution in [1.82, 2.24) is 0 Å². The number of benzene rings is 3. The van der Waals surface area contributed by atoms with E-state index in [1.165, 1.54) is 44.9 Å². The smallest absolute Gasteiger partial charge is 0.134 e. The molecule has 0 heterocycles. The molecule has 2 saturated carbocycles. The lowest BCUT2D eigenvalue weighted by molar-refractivity contribution is 0.113. The molecule has 0 N–H and O–H groups in total. The van der Waals surface area contributed by atoms with Crippen LogP contribution in [0.25, 0.3) is 11.1 Å². The minimum atomic E-state index is -0.464. The Bertz CT molecular complexity index is 1100. The largest absolute Gasteiger partial charge is 0.489 e. The van der Waals surface area contributed by atoms with Crippen molar-refractivity contribution in [2.75, 3.05) is 0 Å². The number of halogens is 2. The maximum absolute atomic E-state index is 15.3. The van der Waals surface area contributed by atoms with Gasteiger partial charge in [-0.2, -0.15) is 0 Å². The lowest BCUT2D eigenvalue weighted by atomic mass is 9.63. The van der Waals surface area contributed by atoms with Crippen molar-refractivity contribution < 1.29 is 13.5 Å². The van der Waals surface area contributed by atoms with Crippen LogP contribution in [0.3, 0.4) is 0 Å². The van der Waals surface area contributed by atoms with Crippen LogP contribution in [-0.4, -0.2) is 0 Å². The zero-order chi connectivity index (χ0) is 24.9. The van der Waals surface area contributed by atoms with Crippen molar-refractivity contribution in [2.24, 2.45) is 17.8 Å². The van der Waals surface area contributed by atoms with Gasteiger partial charge in [0.25, 0.3) is 0 Å². The highest BCUT2D eigenvalue weighted by Crippen LogP contribution is 2.49. The average molecular weight is 489 g/mol. The summed E-state index contributed by atoms with van der Waals surface area (Å²) in [4.78, 5) is 0. The quantitative estimate of drug-likeness (QED) is 0.307. The van der Waals surface area contributed by atoms with E-state index in [0.29, 0.717) is 17.9 Å². The second kappa shape index (κ2) is 11.6. The van der Waals surface area contributed by atoms with E-state index in [1.807, 2.05) is 30.3 Å². The maximum Gasteiger partial charge on any atom is 0.134 e. The minimum absolute atomic E-state index is 0.0541. The fourth-order valence-electron chi connectivity index (χ4n) is 6.61. The molecule has 2 fully saturated rings.